The number of halogens is 1. The second-order valence-corrected chi connectivity index (χ2v) is 7.91. The molecule has 2 aliphatic rings. The van der Waals surface area contributed by atoms with Crippen molar-refractivity contribution in [1.29, 1.82) is 0 Å². The van der Waals surface area contributed by atoms with Crippen molar-refractivity contribution in [3.05, 3.63) is 29.8 Å². The van der Waals surface area contributed by atoms with E-state index in [4.69, 9.17) is 0 Å². The minimum atomic E-state index is 0. The molecule has 0 radical (unpaired) electrons. The quantitative estimate of drug-likeness (QED) is 0.368. The molecule has 1 unspecified atom stereocenters. The van der Waals surface area contributed by atoms with Gasteiger partial charge in [0.15, 0.2) is 5.96 Å². The van der Waals surface area contributed by atoms with Crippen LogP contribution in [0.5, 0.6) is 0 Å². The zero-order valence-corrected chi connectivity index (χ0v) is 20.0. The summed E-state index contributed by atoms with van der Waals surface area (Å²) in [6.45, 7) is 11.0. The van der Waals surface area contributed by atoms with Gasteiger partial charge in [-0.2, -0.15) is 0 Å². The molecule has 0 aliphatic carbocycles. The van der Waals surface area contributed by atoms with E-state index in [0.717, 1.165) is 38.6 Å². The van der Waals surface area contributed by atoms with Gasteiger partial charge >= 0.3 is 0 Å². The Hall–Kier alpha value is -1.06. The summed E-state index contributed by atoms with van der Waals surface area (Å²) in [7, 11) is 4.08. The highest BCUT2D eigenvalue weighted by Crippen LogP contribution is 2.20. The topological polar surface area (TPSA) is 46.1 Å². The number of aliphatic imine (C=N–C) groups is 1. The molecule has 2 heterocycles. The van der Waals surface area contributed by atoms with Crippen LogP contribution in [0.15, 0.2) is 29.3 Å². The van der Waals surface area contributed by atoms with E-state index in [-0.39, 0.29) is 24.0 Å². The summed E-state index contributed by atoms with van der Waals surface area (Å²) >= 11 is 0. The van der Waals surface area contributed by atoms with Gasteiger partial charge in [-0.25, -0.2) is 0 Å². The van der Waals surface area contributed by atoms with Crippen LogP contribution in [0.2, 0.25) is 0 Å². The van der Waals surface area contributed by atoms with Crippen LogP contribution >= 0.6 is 24.0 Å². The fourth-order valence-electron chi connectivity index (χ4n) is 3.91. The van der Waals surface area contributed by atoms with Crippen LogP contribution in [0.4, 0.5) is 5.69 Å². The summed E-state index contributed by atoms with van der Waals surface area (Å²) in [5, 5.41) is 7.11. The summed E-state index contributed by atoms with van der Waals surface area (Å²) in [6.07, 6.45) is 2.41. The molecule has 3 rings (SSSR count). The Labute approximate surface area is 187 Å². The van der Waals surface area contributed by atoms with Gasteiger partial charge in [0.1, 0.15) is 0 Å². The molecule has 6 nitrogen and oxygen atoms in total. The Kier molecular flexibility index (Phi) is 9.81. The first-order chi connectivity index (χ1) is 13.1. The summed E-state index contributed by atoms with van der Waals surface area (Å²) in [5.41, 5.74) is 2.63. The third-order valence-corrected chi connectivity index (χ3v) is 5.68. The van der Waals surface area contributed by atoms with Crippen LogP contribution in [-0.4, -0.2) is 88.3 Å². The van der Waals surface area contributed by atoms with Gasteiger partial charge in [0, 0.05) is 58.0 Å². The summed E-state index contributed by atoms with van der Waals surface area (Å²) < 4.78 is 0. The molecular formula is C21H37IN6. The Balaban J connectivity index is 0.00000280. The smallest absolute Gasteiger partial charge is 0.191 e. The van der Waals surface area contributed by atoms with Gasteiger partial charge in [-0.05, 0) is 52.0 Å². The normalized spacial score (nSPS) is 21.9. The number of aryl methyl sites for hydroxylation is 1. The highest BCUT2D eigenvalue weighted by molar-refractivity contribution is 14.0. The van der Waals surface area contributed by atoms with E-state index in [1.54, 1.807) is 0 Å². The Morgan fingerprint density at radius 2 is 1.89 bits per heavy atom. The molecule has 2 saturated heterocycles. The number of hydrogen-bond acceptors (Lipinski definition) is 4. The van der Waals surface area contributed by atoms with Crippen LogP contribution < -0.4 is 15.5 Å². The molecule has 158 valence electrons. The van der Waals surface area contributed by atoms with E-state index in [1.807, 2.05) is 7.05 Å². The minimum absolute atomic E-state index is 0. The monoisotopic (exact) mass is 500 g/mol. The third kappa shape index (κ3) is 7.08. The molecule has 0 bridgehead atoms. The van der Waals surface area contributed by atoms with Crippen molar-refractivity contribution in [2.45, 2.75) is 25.8 Å². The molecule has 2 aliphatic heterocycles. The molecule has 0 aromatic heterocycles. The summed E-state index contributed by atoms with van der Waals surface area (Å²) in [5.74, 6) is 0.928. The van der Waals surface area contributed by atoms with Crippen molar-refractivity contribution >= 4 is 35.6 Å². The number of likely N-dealkylation sites (N-methyl/N-ethyl adjacent to an activating group) is 1. The zero-order chi connectivity index (χ0) is 19.1. The standard InChI is InChI=1S/C21H36N6.HI/c1-18-5-7-20(8-6-18)27-13-9-19(17-27)24-21(22-2)23-10-14-26-12-4-11-25(3)15-16-26;/h5-8,19H,4,9-17H2,1-3H3,(H2,22,23,24);1H. The summed E-state index contributed by atoms with van der Waals surface area (Å²) in [4.78, 5) is 11.9. The molecule has 28 heavy (non-hydrogen) atoms. The van der Waals surface area contributed by atoms with E-state index in [9.17, 15) is 0 Å². The van der Waals surface area contributed by atoms with Crippen LogP contribution in [0.3, 0.4) is 0 Å². The van der Waals surface area contributed by atoms with Crippen molar-refractivity contribution in [1.82, 2.24) is 20.4 Å². The SMILES string of the molecule is CN=C(NCCN1CCCN(C)CC1)NC1CCN(c2ccc(C)cc2)C1.I. The lowest BCUT2D eigenvalue weighted by Crippen LogP contribution is -2.46. The van der Waals surface area contributed by atoms with Crippen LogP contribution in [0.1, 0.15) is 18.4 Å². The van der Waals surface area contributed by atoms with Crippen molar-refractivity contribution < 1.29 is 0 Å². The number of anilines is 1. The fourth-order valence-corrected chi connectivity index (χ4v) is 3.91. The van der Waals surface area contributed by atoms with E-state index in [1.165, 1.54) is 43.9 Å². The van der Waals surface area contributed by atoms with Crippen molar-refractivity contribution in [2.24, 2.45) is 4.99 Å². The van der Waals surface area contributed by atoms with Crippen molar-refractivity contribution in [3.63, 3.8) is 0 Å². The maximum absolute atomic E-state index is 4.42. The molecule has 2 N–H and O–H groups in total. The van der Waals surface area contributed by atoms with Gasteiger partial charge in [-0.1, -0.05) is 17.7 Å². The lowest BCUT2D eigenvalue weighted by molar-refractivity contribution is 0.280. The molecular weight excluding hydrogens is 463 g/mol. The molecule has 1 atom stereocenters. The number of guanidine groups is 1. The average Bonchev–Trinajstić information content (AvgIpc) is 3.03. The van der Waals surface area contributed by atoms with Gasteiger partial charge in [0.25, 0.3) is 0 Å². The van der Waals surface area contributed by atoms with E-state index >= 15 is 0 Å². The first-order valence-electron chi connectivity index (χ1n) is 10.3. The molecule has 0 spiro atoms. The maximum atomic E-state index is 4.42. The number of nitrogens with one attached hydrogen (secondary N) is 2. The number of nitrogens with zero attached hydrogens (tertiary/aromatic N) is 4. The van der Waals surface area contributed by atoms with Gasteiger partial charge in [-0.3, -0.25) is 4.99 Å². The van der Waals surface area contributed by atoms with Crippen molar-refractivity contribution in [2.75, 3.05) is 71.4 Å². The maximum Gasteiger partial charge on any atom is 0.191 e. The molecule has 0 saturated carbocycles. The van der Waals surface area contributed by atoms with E-state index in [0.29, 0.717) is 6.04 Å². The Morgan fingerprint density at radius 3 is 2.64 bits per heavy atom. The van der Waals surface area contributed by atoms with E-state index in [2.05, 4.69) is 68.6 Å². The average molecular weight is 500 g/mol. The third-order valence-electron chi connectivity index (χ3n) is 5.68. The highest BCUT2D eigenvalue weighted by Gasteiger charge is 2.23. The molecule has 1 aromatic rings. The van der Waals surface area contributed by atoms with Gasteiger partial charge in [0.05, 0.1) is 0 Å². The van der Waals surface area contributed by atoms with Gasteiger partial charge < -0.3 is 25.3 Å². The lowest BCUT2D eigenvalue weighted by atomic mass is 10.2. The molecule has 0 amide bonds. The molecule has 1 aromatic carbocycles. The number of hydrogen-bond donors (Lipinski definition) is 2. The number of benzene rings is 1. The first kappa shape index (κ1) is 23.2. The Bertz CT molecular complexity index is 605. The van der Waals surface area contributed by atoms with Gasteiger partial charge in [-0.15, -0.1) is 24.0 Å². The summed E-state index contributed by atoms with van der Waals surface area (Å²) in [6, 6.07) is 9.28. The Morgan fingerprint density at radius 1 is 1.11 bits per heavy atom. The fraction of sp³-hybridized carbons (Fsp3) is 0.667. The van der Waals surface area contributed by atoms with Crippen LogP contribution in [0.25, 0.3) is 0 Å². The van der Waals surface area contributed by atoms with E-state index < -0.39 is 0 Å². The first-order valence-corrected chi connectivity index (χ1v) is 10.3. The largest absolute Gasteiger partial charge is 0.369 e. The highest BCUT2D eigenvalue weighted by atomic mass is 127. The second kappa shape index (κ2) is 11.8. The zero-order valence-electron chi connectivity index (χ0n) is 17.7. The lowest BCUT2D eigenvalue weighted by Gasteiger charge is -2.22. The molecule has 2 fully saturated rings. The molecule has 7 heteroatoms. The van der Waals surface area contributed by atoms with Crippen LogP contribution in [-0.2, 0) is 0 Å². The van der Waals surface area contributed by atoms with Gasteiger partial charge in [0.2, 0.25) is 0 Å². The number of rotatable bonds is 5. The second-order valence-electron chi connectivity index (χ2n) is 7.91. The predicted molar refractivity (Wildman–Crippen MR) is 130 cm³/mol. The minimum Gasteiger partial charge on any atom is -0.369 e. The van der Waals surface area contributed by atoms with Crippen molar-refractivity contribution in [3.8, 4) is 0 Å². The van der Waals surface area contributed by atoms with Crippen LogP contribution in [0, 0.1) is 6.92 Å². The predicted octanol–water partition coefficient (Wildman–Crippen LogP) is 1.99.